The normalized spacial score (nSPS) is 17.4. The molecule has 2 heterocycles. The summed E-state index contributed by atoms with van der Waals surface area (Å²) < 4.78 is 11.3. The Morgan fingerprint density at radius 2 is 1.29 bits per heavy atom. The molecule has 0 radical (unpaired) electrons. The highest BCUT2D eigenvalue weighted by molar-refractivity contribution is 5.91. The lowest BCUT2D eigenvalue weighted by Gasteiger charge is -2.18. The summed E-state index contributed by atoms with van der Waals surface area (Å²) in [5.74, 6) is 1.80. The third kappa shape index (κ3) is 2.58. The number of benzene rings is 2. The fourth-order valence-corrected chi connectivity index (χ4v) is 3.61. The molecule has 0 saturated heterocycles. The third-order valence-electron chi connectivity index (χ3n) is 5.29. The average molecular weight is 322 g/mol. The summed E-state index contributed by atoms with van der Waals surface area (Å²) >= 11 is 0. The van der Waals surface area contributed by atoms with E-state index in [2.05, 4.69) is 24.3 Å². The number of rotatable bonds is 4. The van der Waals surface area contributed by atoms with Crippen LogP contribution in [0.2, 0.25) is 0 Å². The number of hydrogen-bond donors (Lipinski definition) is 0. The van der Waals surface area contributed by atoms with Crippen molar-refractivity contribution in [2.75, 3.05) is 13.2 Å². The zero-order valence-corrected chi connectivity index (χ0v) is 14.2. The minimum Gasteiger partial charge on any atom is -0.493 e. The lowest BCUT2D eigenvalue weighted by Crippen LogP contribution is -2.16. The van der Waals surface area contributed by atoms with Crippen LogP contribution in [0.4, 0.5) is 0 Å². The van der Waals surface area contributed by atoms with Gasteiger partial charge in [0.2, 0.25) is 0 Å². The van der Waals surface area contributed by atoms with Gasteiger partial charge in [-0.05, 0) is 34.4 Å². The predicted octanol–water partition coefficient (Wildman–Crippen LogP) is 4.03. The van der Waals surface area contributed by atoms with E-state index in [1.54, 1.807) is 0 Å². The molecule has 0 fully saturated rings. The first kappa shape index (κ1) is 15.3. The lowest BCUT2D eigenvalue weighted by atomic mass is 9.85. The van der Waals surface area contributed by atoms with Gasteiger partial charge in [0.05, 0.1) is 13.2 Å². The minimum absolute atomic E-state index is 0.149. The number of ether oxygens (including phenoxy) is 2. The van der Waals surface area contributed by atoms with Crippen LogP contribution in [-0.2, 0) is 17.6 Å². The number of carbonyl (C=O) groups is 1. The summed E-state index contributed by atoms with van der Waals surface area (Å²) in [4.78, 5) is 13.0. The molecule has 24 heavy (non-hydrogen) atoms. The first-order chi connectivity index (χ1) is 11.6. The van der Waals surface area contributed by atoms with Crippen LogP contribution in [0.3, 0.4) is 0 Å². The highest BCUT2D eigenvalue weighted by Gasteiger charge is 2.25. The fraction of sp³-hybridized carbons (Fsp3) is 0.381. The van der Waals surface area contributed by atoms with E-state index in [-0.39, 0.29) is 17.6 Å². The van der Waals surface area contributed by atoms with Crippen LogP contribution in [-0.4, -0.2) is 19.0 Å². The van der Waals surface area contributed by atoms with E-state index >= 15 is 0 Å². The molecule has 124 valence electrons. The van der Waals surface area contributed by atoms with Gasteiger partial charge >= 0.3 is 0 Å². The second-order valence-corrected chi connectivity index (χ2v) is 6.78. The summed E-state index contributed by atoms with van der Waals surface area (Å²) in [6, 6.07) is 12.4. The Bertz CT molecular complexity index is 728. The molecule has 2 aromatic carbocycles. The minimum atomic E-state index is -0.149. The van der Waals surface area contributed by atoms with E-state index in [0.29, 0.717) is 0 Å². The SMILES string of the molecule is CC(C(=O)C(C)c1ccc2c(c1)OCC2)c1ccc2c(c1)OCC2. The van der Waals surface area contributed by atoms with E-state index in [1.807, 2.05) is 26.0 Å². The molecular formula is C21H22O3. The Kier molecular flexibility index (Phi) is 3.79. The zero-order chi connectivity index (χ0) is 16.7. The first-order valence-electron chi connectivity index (χ1n) is 8.68. The number of carbonyl (C=O) groups excluding carboxylic acids is 1. The molecule has 0 aliphatic carbocycles. The van der Waals surface area contributed by atoms with Crippen molar-refractivity contribution in [1.82, 2.24) is 0 Å². The molecular weight excluding hydrogens is 300 g/mol. The van der Waals surface area contributed by atoms with E-state index < -0.39 is 0 Å². The van der Waals surface area contributed by atoms with Gasteiger partial charge in [-0.3, -0.25) is 4.79 Å². The molecule has 2 aliphatic rings. The number of ketones is 1. The Hall–Kier alpha value is -2.29. The highest BCUT2D eigenvalue weighted by Crippen LogP contribution is 2.34. The largest absolute Gasteiger partial charge is 0.493 e. The average Bonchev–Trinajstić information content (AvgIpc) is 3.26. The van der Waals surface area contributed by atoms with Gasteiger partial charge in [0, 0.05) is 24.7 Å². The third-order valence-corrected chi connectivity index (χ3v) is 5.29. The molecule has 4 rings (SSSR count). The summed E-state index contributed by atoms with van der Waals surface area (Å²) in [5.41, 5.74) is 4.54. The van der Waals surface area contributed by atoms with Gasteiger partial charge < -0.3 is 9.47 Å². The van der Waals surface area contributed by atoms with E-state index in [4.69, 9.17) is 9.47 Å². The van der Waals surface area contributed by atoms with E-state index in [9.17, 15) is 4.79 Å². The molecule has 0 bridgehead atoms. The van der Waals surface area contributed by atoms with Gasteiger partial charge in [-0.15, -0.1) is 0 Å². The predicted molar refractivity (Wildman–Crippen MR) is 93.1 cm³/mol. The van der Waals surface area contributed by atoms with Gasteiger partial charge in [0.1, 0.15) is 17.3 Å². The van der Waals surface area contributed by atoms with Crippen molar-refractivity contribution in [3.05, 3.63) is 58.7 Å². The smallest absolute Gasteiger partial charge is 0.147 e. The second kappa shape index (κ2) is 5.97. The van der Waals surface area contributed by atoms with Crippen LogP contribution in [0, 0.1) is 0 Å². The van der Waals surface area contributed by atoms with Crippen molar-refractivity contribution in [3.63, 3.8) is 0 Å². The van der Waals surface area contributed by atoms with Crippen LogP contribution in [0.25, 0.3) is 0 Å². The number of hydrogen-bond acceptors (Lipinski definition) is 3. The van der Waals surface area contributed by atoms with Crippen molar-refractivity contribution in [2.24, 2.45) is 0 Å². The van der Waals surface area contributed by atoms with Gasteiger partial charge in [0.15, 0.2) is 0 Å². The summed E-state index contributed by atoms with van der Waals surface area (Å²) in [5, 5.41) is 0. The molecule has 0 amide bonds. The maximum Gasteiger partial charge on any atom is 0.147 e. The molecule has 0 saturated carbocycles. The van der Waals surface area contributed by atoms with Crippen molar-refractivity contribution in [1.29, 1.82) is 0 Å². The molecule has 2 atom stereocenters. The molecule has 3 heteroatoms. The molecule has 3 nitrogen and oxygen atoms in total. The maximum absolute atomic E-state index is 13.0. The zero-order valence-electron chi connectivity index (χ0n) is 14.2. The molecule has 2 unspecified atom stereocenters. The standard InChI is InChI=1S/C21H22O3/c1-13(17-5-3-15-7-9-23-19(15)11-17)21(22)14(2)18-6-4-16-8-10-24-20(16)12-18/h3-6,11-14H,7-10H2,1-2H3. The van der Waals surface area contributed by atoms with Gasteiger partial charge in [-0.25, -0.2) is 0 Å². The monoisotopic (exact) mass is 322 g/mol. The molecule has 0 aromatic heterocycles. The van der Waals surface area contributed by atoms with Crippen molar-refractivity contribution < 1.29 is 14.3 Å². The summed E-state index contributed by atoms with van der Waals surface area (Å²) in [7, 11) is 0. The quantitative estimate of drug-likeness (QED) is 0.852. The number of Topliss-reactive ketones (excluding diaryl/α,β-unsaturated/α-hetero) is 1. The fourth-order valence-electron chi connectivity index (χ4n) is 3.61. The Morgan fingerprint density at radius 3 is 1.75 bits per heavy atom. The number of fused-ring (bicyclic) bond motifs is 2. The highest BCUT2D eigenvalue weighted by atomic mass is 16.5. The van der Waals surface area contributed by atoms with Crippen LogP contribution < -0.4 is 9.47 Å². The second-order valence-electron chi connectivity index (χ2n) is 6.78. The Labute approximate surface area is 142 Å². The topological polar surface area (TPSA) is 35.5 Å². The van der Waals surface area contributed by atoms with Crippen LogP contribution >= 0.6 is 0 Å². The molecule has 0 spiro atoms. The van der Waals surface area contributed by atoms with Crippen LogP contribution in [0.5, 0.6) is 11.5 Å². The maximum atomic E-state index is 13.0. The van der Waals surface area contributed by atoms with Gasteiger partial charge in [-0.1, -0.05) is 38.1 Å². The van der Waals surface area contributed by atoms with Gasteiger partial charge in [0.25, 0.3) is 0 Å². The molecule has 0 N–H and O–H groups in total. The summed E-state index contributed by atoms with van der Waals surface area (Å²) in [6.45, 7) is 5.46. The van der Waals surface area contributed by atoms with Crippen molar-refractivity contribution >= 4 is 5.78 Å². The van der Waals surface area contributed by atoms with E-state index in [1.165, 1.54) is 11.1 Å². The molecule has 2 aromatic rings. The van der Waals surface area contributed by atoms with Crippen molar-refractivity contribution in [2.45, 2.75) is 38.5 Å². The van der Waals surface area contributed by atoms with Crippen LogP contribution in [0.1, 0.15) is 47.9 Å². The summed E-state index contributed by atoms with van der Waals surface area (Å²) in [6.07, 6.45) is 1.92. The molecule has 2 aliphatic heterocycles. The van der Waals surface area contributed by atoms with Gasteiger partial charge in [-0.2, -0.15) is 0 Å². The van der Waals surface area contributed by atoms with E-state index in [0.717, 1.165) is 48.7 Å². The first-order valence-corrected chi connectivity index (χ1v) is 8.68. The Balaban J connectivity index is 1.56. The Morgan fingerprint density at radius 1 is 0.833 bits per heavy atom. The van der Waals surface area contributed by atoms with Crippen molar-refractivity contribution in [3.8, 4) is 11.5 Å². The lowest BCUT2D eigenvalue weighted by molar-refractivity contribution is -0.121. The van der Waals surface area contributed by atoms with Crippen LogP contribution in [0.15, 0.2) is 36.4 Å².